The maximum atomic E-state index is 12.0. The molecule has 1 heterocycles. The first kappa shape index (κ1) is 17.1. The van der Waals surface area contributed by atoms with E-state index in [9.17, 15) is 18.0 Å². The van der Waals surface area contributed by atoms with Crippen LogP contribution in [0.5, 0.6) is 0 Å². The molecule has 0 spiro atoms. The van der Waals surface area contributed by atoms with Gasteiger partial charge in [0.25, 0.3) is 5.56 Å². The average molecular weight is 338 g/mol. The number of carbonyl (C=O) groups excluding carboxylic acids is 1. The number of carbonyl (C=O) groups is 1. The van der Waals surface area contributed by atoms with Crippen molar-refractivity contribution >= 4 is 26.7 Å². The molecule has 0 saturated heterocycles. The number of sulfonamides is 1. The summed E-state index contributed by atoms with van der Waals surface area (Å²) in [6.45, 7) is -0.173. The summed E-state index contributed by atoms with van der Waals surface area (Å²) in [4.78, 5) is 23.9. The van der Waals surface area contributed by atoms with Crippen LogP contribution in [0.4, 0.5) is 0 Å². The summed E-state index contributed by atoms with van der Waals surface area (Å²) in [6.07, 6.45) is 1.03. The second-order valence-electron chi connectivity index (χ2n) is 5.22. The van der Waals surface area contributed by atoms with Gasteiger partial charge in [0.1, 0.15) is 0 Å². The fourth-order valence-corrected chi connectivity index (χ4v) is 2.42. The first-order chi connectivity index (χ1) is 10.7. The van der Waals surface area contributed by atoms with Crippen LogP contribution in [-0.4, -0.2) is 48.3 Å². The van der Waals surface area contributed by atoms with Crippen LogP contribution in [0.15, 0.2) is 29.1 Å². The number of hydrogen-bond donors (Lipinski definition) is 1. The molecule has 9 heteroatoms. The van der Waals surface area contributed by atoms with Crippen molar-refractivity contribution in [1.82, 2.24) is 19.4 Å². The zero-order valence-electron chi connectivity index (χ0n) is 13.1. The number of benzene rings is 1. The summed E-state index contributed by atoms with van der Waals surface area (Å²) < 4.78 is 24.8. The van der Waals surface area contributed by atoms with Gasteiger partial charge in [-0.3, -0.25) is 9.59 Å². The summed E-state index contributed by atoms with van der Waals surface area (Å²) in [7, 11) is -0.549. The molecule has 0 bridgehead atoms. The van der Waals surface area contributed by atoms with Crippen LogP contribution in [0.25, 0.3) is 10.8 Å². The third-order valence-corrected chi connectivity index (χ3v) is 4.68. The SMILES string of the molecule is CN(CC(=O)NCc1nn(C)c(=O)c2ccccc12)S(C)(=O)=O. The summed E-state index contributed by atoms with van der Waals surface area (Å²) >= 11 is 0. The summed E-state index contributed by atoms with van der Waals surface area (Å²) in [6, 6.07) is 7.00. The zero-order valence-corrected chi connectivity index (χ0v) is 13.9. The molecular weight excluding hydrogens is 320 g/mol. The topological polar surface area (TPSA) is 101 Å². The molecule has 0 aliphatic carbocycles. The first-order valence-corrected chi connectivity index (χ1v) is 8.68. The molecule has 1 amide bonds. The number of nitrogens with one attached hydrogen (secondary N) is 1. The molecule has 0 atom stereocenters. The highest BCUT2D eigenvalue weighted by Crippen LogP contribution is 2.12. The van der Waals surface area contributed by atoms with E-state index in [-0.39, 0.29) is 18.6 Å². The molecule has 8 nitrogen and oxygen atoms in total. The van der Waals surface area contributed by atoms with E-state index in [4.69, 9.17) is 0 Å². The number of likely N-dealkylation sites (N-methyl/N-ethyl adjacent to an activating group) is 1. The molecule has 1 N–H and O–H groups in total. The van der Waals surface area contributed by atoms with Gasteiger partial charge in [0.05, 0.1) is 30.4 Å². The van der Waals surface area contributed by atoms with Crippen molar-refractivity contribution in [3.63, 3.8) is 0 Å². The maximum absolute atomic E-state index is 12.0. The average Bonchev–Trinajstić information content (AvgIpc) is 2.48. The van der Waals surface area contributed by atoms with Crippen molar-refractivity contribution in [2.24, 2.45) is 7.05 Å². The molecule has 124 valence electrons. The van der Waals surface area contributed by atoms with Gasteiger partial charge >= 0.3 is 0 Å². The van der Waals surface area contributed by atoms with E-state index in [2.05, 4.69) is 10.4 Å². The number of aryl methyl sites for hydroxylation is 1. The van der Waals surface area contributed by atoms with Crippen molar-refractivity contribution in [3.05, 3.63) is 40.3 Å². The van der Waals surface area contributed by atoms with E-state index >= 15 is 0 Å². The normalized spacial score (nSPS) is 11.8. The summed E-state index contributed by atoms with van der Waals surface area (Å²) in [5, 5.41) is 7.95. The van der Waals surface area contributed by atoms with Crippen LogP contribution in [0.2, 0.25) is 0 Å². The Morgan fingerprint density at radius 2 is 1.91 bits per heavy atom. The lowest BCUT2D eigenvalue weighted by Gasteiger charge is -2.14. The van der Waals surface area contributed by atoms with Crippen LogP contribution in [0.3, 0.4) is 0 Å². The van der Waals surface area contributed by atoms with Gasteiger partial charge in [-0.15, -0.1) is 0 Å². The molecule has 1 aromatic heterocycles. The van der Waals surface area contributed by atoms with E-state index in [1.807, 2.05) is 0 Å². The van der Waals surface area contributed by atoms with Gasteiger partial charge in [0, 0.05) is 19.5 Å². The van der Waals surface area contributed by atoms with Gasteiger partial charge in [-0.2, -0.15) is 9.40 Å². The molecule has 2 aromatic rings. The number of nitrogens with zero attached hydrogens (tertiary/aromatic N) is 3. The van der Waals surface area contributed by atoms with Gasteiger partial charge in [0.2, 0.25) is 15.9 Å². The second kappa shape index (κ2) is 6.47. The Kier molecular flexibility index (Phi) is 4.81. The summed E-state index contributed by atoms with van der Waals surface area (Å²) in [5.41, 5.74) is 0.325. The molecule has 0 saturated carbocycles. The fourth-order valence-electron chi connectivity index (χ4n) is 2.06. The number of rotatable bonds is 5. The van der Waals surface area contributed by atoms with Crippen LogP contribution in [-0.2, 0) is 28.4 Å². The Balaban J connectivity index is 2.19. The van der Waals surface area contributed by atoms with Crippen molar-refractivity contribution in [3.8, 4) is 0 Å². The molecular formula is C14H18N4O4S. The van der Waals surface area contributed by atoms with Gasteiger partial charge in [-0.1, -0.05) is 18.2 Å². The Morgan fingerprint density at radius 3 is 2.52 bits per heavy atom. The smallest absolute Gasteiger partial charge is 0.274 e. The van der Waals surface area contributed by atoms with Crippen LogP contribution in [0, 0.1) is 0 Å². The highest BCUT2D eigenvalue weighted by molar-refractivity contribution is 7.88. The largest absolute Gasteiger partial charge is 0.349 e. The predicted octanol–water partition coefficient (Wildman–Crippen LogP) is -0.559. The maximum Gasteiger partial charge on any atom is 0.274 e. The standard InChI is InChI=1S/C14H18N4O4S/c1-17(23(3,21)22)9-13(19)15-8-12-10-6-4-5-7-11(10)14(20)18(2)16-12/h4-7H,8-9H2,1-3H3,(H,15,19). The minimum Gasteiger partial charge on any atom is -0.349 e. The number of hydrogen-bond acceptors (Lipinski definition) is 5. The highest BCUT2D eigenvalue weighted by atomic mass is 32.2. The summed E-state index contributed by atoms with van der Waals surface area (Å²) in [5.74, 6) is -0.447. The minimum absolute atomic E-state index is 0.102. The third-order valence-electron chi connectivity index (χ3n) is 3.42. The molecule has 0 fully saturated rings. The quantitative estimate of drug-likeness (QED) is 0.787. The fraction of sp³-hybridized carbons (Fsp3) is 0.357. The molecule has 0 aliphatic rings. The van der Waals surface area contributed by atoms with Gasteiger partial charge in [-0.25, -0.2) is 13.1 Å². The predicted molar refractivity (Wildman–Crippen MR) is 86.3 cm³/mol. The van der Waals surface area contributed by atoms with Crippen molar-refractivity contribution in [1.29, 1.82) is 0 Å². The van der Waals surface area contributed by atoms with Gasteiger partial charge in [-0.05, 0) is 6.07 Å². The molecule has 1 aromatic carbocycles. The Morgan fingerprint density at radius 1 is 1.30 bits per heavy atom. The lowest BCUT2D eigenvalue weighted by atomic mass is 10.1. The van der Waals surface area contributed by atoms with Crippen LogP contribution >= 0.6 is 0 Å². The third kappa shape index (κ3) is 3.93. The number of fused-ring (bicyclic) bond motifs is 1. The molecule has 2 rings (SSSR count). The number of aromatic nitrogens is 2. The van der Waals surface area contributed by atoms with Gasteiger partial charge in [0.15, 0.2) is 0 Å². The highest BCUT2D eigenvalue weighted by Gasteiger charge is 2.15. The van der Waals surface area contributed by atoms with E-state index in [0.29, 0.717) is 16.5 Å². The van der Waals surface area contributed by atoms with Crippen molar-refractivity contribution in [2.75, 3.05) is 19.8 Å². The van der Waals surface area contributed by atoms with Crippen molar-refractivity contribution in [2.45, 2.75) is 6.54 Å². The van der Waals surface area contributed by atoms with E-state index in [1.165, 1.54) is 18.8 Å². The van der Waals surface area contributed by atoms with E-state index < -0.39 is 15.9 Å². The Bertz CT molecular complexity index is 905. The van der Waals surface area contributed by atoms with E-state index in [1.54, 1.807) is 24.3 Å². The second-order valence-corrected chi connectivity index (χ2v) is 7.31. The lowest BCUT2D eigenvalue weighted by Crippen LogP contribution is -2.38. The van der Waals surface area contributed by atoms with E-state index in [0.717, 1.165) is 10.6 Å². The Hall–Kier alpha value is -2.26. The lowest BCUT2D eigenvalue weighted by molar-refractivity contribution is -0.121. The zero-order chi connectivity index (χ0) is 17.2. The van der Waals surface area contributed by atoms with Gasteiger partial charge < -0.3 is 5.32 Å². The Labute approximate surface area is 133 Å². The first-order valence-electron chi connectivity index (χ1n) is 6.83. The molecule has 0 unspecified atom stereocenters. The molecule has 23 heavy (non-hydrogen) atoms. The molecule has 0 radical (unpaired) electrons. The van der Waals surface area contributed by atoms with Crippen LogP contribution in [0.1, 0.15) is 5.69 Å². The van der Waals surface area contributed by atoms with Crippen molar-refractivity contribution < 1.29 is 13.2 Å². The monoisotopic (exact) mass is 338 g/mol. The molecule has 0 aliphatic heterocycles. The minimum atomic E-state index is -3.42. The van der Waals surface area contributed by atoms with Crippen LogP contribution < -0.4 is 10.9 Å². The number of amides is 1.